The lowest BCUT2D eigenvalue weighted by Gasteiger charge is -2.43. The third-order valence-corrected chi connectivity index (χ3v) is 13.9. The molecule has 0 fully saturated rings. The third kappa shape index (κ3) is 8.70. The van der Waals surface area contributed by atoms with E-state index in [9.17, 15) is 5.11 Å². The van der Waals surface area contributed by atoms with E-state index in [1.165, 1.54) is 0 Å². The van der Waals surface area contributed by atoms with Crippen LogP contribution in [0.15, 0.2) is 180 Å². The molecule has 6 aromatic rings. The SMILES string of the molecule is OCCc1ccccc1OP1(Oc2ccccc2)=NP(Oc2ccccc2)N(Oc2ccccc2)P(Oc2ccccc2)N1Oc1ccccc1. The van der Waals surface area contributed by atoms with Gasteiger partial charge >= 0.3 is 24.6 Å². The van der Waals surface area contributed by atoms with E-state index in [2.05, 4.69) is 0 Å². The first-order valence-electron chi connectivity index (χ1n) is 16.1. The molecule has 0 spiro atoms. The summed E-state index contributed by atoms with van der Waals surface area (Å²) in [4.78, 5) is 13.4. The molecule has 0 saturated heterocycles. The highest BCUT2D eigenvalue weighted by Gasteiger charge is 2.58. The summed E-state index contributed by atoms with van der Waals surface area (Å²) in [5, 5.41) is 9.99. The number of hydrogen-bond acceptors (Lipinski definition) is 10. The molecule has 0 aromatic heterocycles. The molecular weight excluding hydrogens is 703 g/mol. The normalized spacial score (nSPS) is 18.9. The van der Waals surface area contributed by atoms with Crippen LogP contribution in [0.3, 0.4) is 0 Å². The monoisotopic (exact) mass is 737 g/mol. The number of para-hydroxylation sites is 6. The molecule has 1 heterocycles. The number of benzene rings is 6. The van der Waals surface area contributed by atoms with Gasteiger partial charge in [-0.3, -0.25) is 0 Å². The van der Waals surface area contributed by atoms with E-state index < -0.39 is 24.6 Å². The topological polar surface area (TPSA) is 94.5 Å². The van der Waals surface area contributed by atoms with Gasteiger partial charge in [0, 0.05) is 15.8 Å². The molecule has 3 unspecified atom stereocenters. The van der Waals surface area contributed by atoms with Crippen LogP contribution in [0, 0.1) is 0 Å². The maximum atomic E-state index is 9.99. The van der Waals surface area contributed by atoms with Crippen LogP contribution in [0.4, 0.5) is 0 Å². The van der Waals surface area contributed by atoms with E-state index in [0.717, 1.165) is 5.56 Å². The molecule has 0 amide bonds. The molecule has 3 atom stereocenters. The van der Waals surface area contributed by atoms with Crippen molar-refractivity contribution in [3.63, 3.8) is 0 Å². The van der Waals surface area contributed by atoms with Gasteiger partial charge in [-0.25, -0.2) is 0 Å². The Hall–Kier alpha value is -4.91. The Balaban J connectivity index is 1.48. The zero-order valence-corrected chi connectivity index (χ0v) is 29.9. The van der Waals surface area contributed by atoms with E-state index in [4.69, 9.17) is 32.3 Å². The van der Waals surface area contributed by atoms with Crippen LogP contribution in [0.1, 0.15) is 5.56 Å². The molecule has 1 N–H and O–H groups in total. The molecule has 1 aliphatic heterocycles. The molecule has 51 heavy (non-hydrogen) atoms. The first-order chi connectivity index (χ1) is 25.2. The fourth-order valence-corrected chi connectivity index (χ4v) is 12.3. The van der Waals surface area contributed by atoms with Crippen molar-refractivity contribution >= 4 is 24.6 Å². The lowest BCUT2D eigenvalue weighted by atomic mass is 10.1. The van der Waals surface area contributed by atoms with Gasteiger partial charge in [0.2, 0.25) is 0 Å². The minimum absolute atomic E-state index is 0.0842. The minimum atomic E-state index is -3.85. The Bertz CT molecular complexity index is 2020. The molecule has 13 heteroatoms. The number of rotatable bonds is 14. The van der Waals surface area contributed by atoms with Gasteiger partial charge in [-0.1, -0.05) is 109 Å². The molecule has 7 rings (SSSR count). The summed E-state index contributed by atoms with van der Waals surface area (Å²) in [6, 6.07) is 54.2. The van der Waals surface area contributed by atoms with Gasteiger partial charge in [0.1, 0.15) is 34.5 Å². The average molecular weight is 738 g/mol. The third-order valence-electron chi connectivity index (χ3n) is 7.10. The van der Waals surface area contributed by atoms with Gasteiger partial charge in [-0.2, -0.15) is 0 Å². The molecule has 1 aliphatic rings. The summed E-state index contributed by atoms with van der Waals surface area (Å²) < 4.78 is 36.0. The van der Waals surface area contributed by atoms with E-state index in [1.54, 1.807) is 9.21 Å². The van der Waals surface area contributed by atoms with E-state index in [1.807, 2.05) is 176 Å². The first-order valence-corrected chi connectivity index (χ1v) is 19.9. The average Bonchev–Trinajstić information content (AvgIpc) is 3.17. The zero-order chi connectivity index (χ0) is 34.7. The highest BCUT2D eigenvalue weighted by Crippen LogP contribution is 2.77. The number of aliphatic hydroxyl groups is 1. The molecule has 10 nitrogen and oxygen atoms in total. The van der Waals surface area contributed by atoms with Crippen molar-refractivity contribution in [2.24, 2.45) is 4.52 Å². The zero-order valence-electron chi connectivity index (χ0n) is 27.2. The number of hydrogen-bond donors (Lipinski definition) is 1. The van der Waals surface area contributed by atoms with Crippen LogP contribution >= 0.6 is 24.6 Å². The minimum Gasteiger partial charge on any atom is -0.440 e. The Morgan fingerprint density at radius 2 is 0.980 bits per heavy atom. The van der Waals surface area contributed by atoms with E-state index in [-0.39, 0.29) is 6.61 Å². The molecule has 6 aromatic carbocycles. The largest absolute Gasteiger partial charge is 0.447 e. The summed E-state index contributed by atoms with van der Waals surface area (Å²) in [6.45, 7) is -0.0842. The Kier molecular flexibility index (Phi) is 11.4. The first kappa shape index (κ1) is 34.5. The predicted molar refractivity (Wildman–Crippen MR) is 200 cm³/mol. The maximum absolute atomic E-state index is 9.99. The van der Waals surface area contributed by atoms with Gasteiger partial charge in [-0.15, -0.1) is 4.52 Å². The fourth-order valence-electron chi connectivity index (χ4n) is 4.77. The van der Waals surface area contributed by atoms with Crippen molar-refractivity contribution in [3.05, 3.63) is 181 Å². The summed E-state index contributed by atoms with van der Waals surface area (Å²) in [5.41, 5.74) is 0.760. The second-order valence-corrected chi connectivity index (χ2v) is 16.3. The molecule has 0 saturated carbocycles. The summed E-state index contributed by atoms with van der Waals surface area (Å²) in [6.07, 6.45) is 0.342. The Morgan fingerprint density at radius 3 is 1.55 bits per heavy atom. The van der Waals surface area contributed by atoms with Gasteiger partial charge in [0.25, 0.3) is 0 Å². The lowest BCUT2D eigenvalue weighted by molar-refractivity contribution is 0.0545. The highest BCUT2D eigenvalue weighted by atomic mass is 31.3. The maximum Gasteiger partial charge on any atom is 0.447 e. The van der Waals surface area contributed by atoms with Crippen molar-refractivity contribution in [1.29, 1.82) is 0 Å². The van der Waals surface area contributed by atoms with Crippen LogP contribution in [-0.4, -0.2) is 20.9 Å². The van der Waals surface area contributed by atoms with Gasteiger partial charge in [0.05, 0.1) is 0 Å². The fraction of sp³-hybridized carbons (Fsp3) is 0.0526. The van der Waals surface area contributed by atoms with Crippen molar-refractivity contribution in [2.75, 3.05) is 6.61 Å². The van der Waals surface area contributed by atoms with Crippen LogP contribution < -0.4 is 27.8 Å². The molecule has 0 bridgehead atoms. The van der Waals surface area contributed by atoms with Crippen molar-refractivity contribution in [3.8, 4) is 34.5 Å². The van der Waals surface area contributed by atoms with Gasteiger partial charge in [0.15, 0.2) is 0 Å². The van der Waals surface area contributed by atoms with Gasteiger partial charge in [-0.05, 0) is 78.7 Å². The molecule has 258 valence electrons. The summed E-state index contributed by atoms with van der Waals surface area (Å²) in [5.74, 6) is 3.06. The molecule has 0 radical (unpaired) electrons. The lowest BCUT2D eigenvalue weighted by Crippen LogP contribution is -2.37. The smallest absolute Gasteiger partial charge is 0.440 e. The van der Waals surface area contributed by atoms with Gasteiger partial charge < -0.3 is 32.9 Å². The van der Waals surface area contributed by atoms with Crippen molar-refractivity contribution in [2.45, 2.75) is 6.42 Å². The Morgan fingerprint density at radius 1 is 0.510 bits per heavy atom. The predicted octanol–water partition coefficient (Wildman–Crippen LogP) is 10.8. The summed E-state index contributed by atoms with van der Waals surface area (Å²) in [7, 11) is -8.12. The molecule has 0 aliphatic carbocycles. The van der Waals surface area contributed by atoms with E-state index in [0.29, 0.717) is 40.9 Å². The second-order valence-electron chi connectivity index (χ2n) is 10.8. The van der Waals surface area contributed by atoms with Crippen molar-refractivity contribution < 1.29 is 32.9 Å². The van der Waals surface area contributed by atoms with Crippen LogP contribution in [0.2, 0.25) is 0 Å². The van der Waals surface area contributed by atoms with E-state index >= 15 is 0 Å². The van der Waals surface area contributed by atoms with Crippen LogP contribution in [0.5, 0.6) is 34.5 Å². The quantitative estimate of drug-likeness (QED) is 0.110. The number of aliphatic hydroxyl groups excluding tert-OH is 1. The summed E-state index contributed by atoms with van der Waals surface area (Å²) >= 11 is 0. The van der Waals surface area contributed by atoms with Crippen LogP contribution in [0.25, 0.3) is 0 Å². The van der Waals surface area contributed by atoms with Crippen LogP contribution in [-0.2, 0) is 6.42 Å². The molecular formula is C38H34N3O7P3. The standard InChI is InChI=1S/C38H34N3O7P3/c42-31-30-32-18-16-17-29-38(32)48-51(47-37-27-14-5-15-28-37)39-49(45-35-23-10-3-11-24-35)40(43-33-19-6-1-7-20-33)50(46-36-25-12-4-13-26-36)41(51)44-34-21-8-2-9-22-34/h1-29,42H,30-31H2. The number of nitrogens with zero attached hydrogens (tertiary/aromatic N) is 3. The second kappa shape index (κ2) is 16.9. The Labute approximate surface area is 299 Å². The van der Waals surface area contributed by atoms with Crippen molar-refractivity contribution in [1.82, 2.24) is 9.21 Å². The highest BCUT2D eigenvalue weighted by molar-refractivity contribution is 7.78.